The van der Waals surface area contributed by atoms with Gasteiger partial charge in [0.2, 0.25) is 0 Å². The number of carbonyl (C=O) groups excluding carboxylic acids is 1. The van der Waals surface area contributed by atoms with Crippen molar-refractivity contribution in [1.82, 2.24) is 4.90 Å². The average Bonchev–Trinajstić information content (AvgIpc) is 2.48. The summed E-state index contributed by atoms with van der Waals surface area (Å²) < 4.78 is 6.03. The van der Waals surface area contributed by atoms with E-state index in [1.807, 2.05) is 36.9 Å². The van der Waals surface area contributed by atoms with E-state index in [-0.39, 0.29) is 17.9 Å². The first kappa shape index (κ1) is 16.8. The summed E-state index contributed by atoms with van der Waals surface area (Å²) in [5.74, 6) is 0.980. The van der Waals surface area contributed by atoms with Crippen LogP contribution in [-0.4, -0.2) is 36.0 Å². The van der Waals surface area contributed by atoms with Crippen molar-refractivity contribution in [3.05, 3.63) is 29.3 Å². The van der Waals surface area contributed by atoms with Crippen molar-refractivity contribution < 1.29 is 9.53 Å². The summed E-state index contributed by atoms with van der Waals surface area (Å²) in [6, 6.07) is 6.20. The fourth-order valence-corrected chi connectivity index (χ4v) is 2.71. The van der Waals surface area contributed by atoms with Crippen LogP contribution < -0.4 is 10.5 Å². The monoisotopic (exact) mass is 304 g/mol. The Morgan fingerprint density at radius 1 is 1.23 bits per heavy atom. The molecular formula is C18H28N2O2. The number of piperidine rings is 1. The highest BCUT2D eigenvalue weighted by Gasteiger charge is 2.31. The first-order valence-electron chi connectivity index (χ1n) is 8.16. The number of aryl methyl sites for hydroxylation is 2. The number of amides is 1. The number of ether oxygens (including phenoxy) is 1. The summed E-state index contributed by atoms with van der Waals surface area (Å²) in [6.07, 6.45) is 1.32. The van der Waals surface area contributed by atoms with E-state index < -0.39 is 6.10 Å². The van der Waals surface area contributed by atoms with Gasteiger partial charge in [-0.2, -0.15) is 0 Å². The van der Waals surface area contributed by atoms with Crippen LogP contribution in [0.2, 0.25) is 0 Å². The summed E-state index contributed by atoms with van der Waals surface area (Å²) in [7, 11) is 0. The summed E-state index contributed by atoms with van der Waals surface area (Å²) in [5, 5.41) is 0. The van der Waals surface area contributed by atoms with Crippen LogP contribution in [0, 0.1) is 19.8 Å². The van der Waals surface area contributed by atoms with Crippen molar-refractivity contribution in [2.45, 2.75) is 52.7 Å². The largest absolute Gasteiger partial charge is 0.480 e. The zero-order valence-electron chi connectivity index (χ0n) is 14.1. The SMILES string of the molecule is Cc1ccc(OC(C(=O)N2CCC(N)CC2)C(C)C)cc1C. The number of hydrogen-bond acceptors (Lipinski definition) is 3. The van der Waals surface area contributed by atoms with E-state index in [0.717, 1.165) is 31.7 Å². The van der Waals surface area contributed by atoms with Gasteiger partial charge >= 0.3 is 0 Å². The molecule has 1 amide bonds. The van der Waals surface area contributed by atoms with Crippen LogP contribution in [0.15, 0.2) is 18.2 Å². The molecule has 0 spiro atoms. The Kier molecular flexibility index (Phi) is 5.46. The third-order valence-electron chi connectivity index (χ3n) is 4.44. The summed E-state index contributed by atoms with van der Waals surface area (Å²) in [5.41, 5.74) is 8.32. The predicted octanol–water partition coefficient (Wildman–Crippen LogP) is 2.66. The lowest BCUT2D eigenvalue weighted by molar-refractivity contribution is -0.141. The zero-order chi connectivity index (χ0) is 16.3. The van der Waals surface area contributed by atoms with Crippen molar-refractivity contribution >= 4 is 5.91 Å². The minimum absolute atomic E-state index is 0.0835. The second-order valence-corrected chi connectivity index (χ2v) is 6.69. The molecule has 22 heavy (non-hydrogen) atoms. The van der Waals surface area contributed by atoms with Crippen molar-refractivity contribution in [3.8, 4) is 5.75 Å². The molecule has 1 atom stereocenters. The standard InChI is InChI=1S/C18H28N2O2/c1-12(2)17(18(21)20-9-7-15(19)8-10-20)22-16-6-5-13(3)14(4)11-16/h5-6,11-12,15,17H,7-10,19H2,1-4H3. The maximum absolute atomic E-state index is 12.8. The number of benzene rings is 1. The molecule has 1 aliphatic rings. The number of likely N-dealkylation sites (tertiary alicyclic amines) is 1. The van der Waals surface area contributed by atoms with Gasteiger partial charge in [0.15, 0.2) is 6.10 Å². The van der Waals surface area contributed by atoms with Gasteiger partial charge in [-0.05, 0) is 55.9 Å². The molecule has 0 aliphatic carbocycles. The lowest BCUT2D eigenvalue weighted by Crippen LogP contribution is -2.49. The van der Waals surface area contributed by atoms with Crippen LogP contribution in [0.1, 0.15) is 37.8 Å². The summed E-state index contributed by atoms with van der Waals surface area (Å²) in [6.45, 7) is 9.65. The van der Waals surface area contributed by atoms with Gasteiger partial charge in [0.1, 0.15) is 5.75 Å². The Morgan fingerprint density at radius 3 is 2.41 bits per heavy atom. The van der Waals surface area contributed by atoms with Crippen LogP contribution in [-0.2, 0) is 4.79 Å². The molecule has 0 radical (unpaired) electrons. The molecule has 1 aliphatic heterocycles. The molecule has 1 aromatic rings. The van der Waals surface area contributed by atoms with Crippen molar-refractivity contribution in [3.63, 3.8) is 0 Å². The molecule has 2 rings (SSSR count). The normalized spacial score (nSPS) is 17.6. The van der Waals surface area contributed by atoms with Crippen LogP contribution in [0.25, 0.3) is 0 Å². The molecule has 1 unspecified atom stereocenters. The van der Waals surface area contributed by atoms with E-state index in [0.29, 0.717) is 0 Å². The first-order valence-corrected chi connectivity index (χ1v) is 8.16. The van der Waals surface area contributed by atoms with Crippen LogP contribution in [0.5, 0.6) is 5.75 Å². The van der Waals surface area contributed by atoms with Gasteiger partial charge in [-0.1, -0.05) is 19.9 Å². The molecule has 122 valence electrons. The van der Waals surface area contributed by atoms with Gasteiger partial charge in [0, 0.05) is 19.1 Å². The highest BCUT2D eigenvalue weighted by molar-refractivity contribution is 5.81. The number of hydrogen-bond donors (Lipinski definition) is 1. The molecule has 2 N–H and O–H groups in total. The second kappa shape index (κ2) is 7.14. The number of nitrogens with zero attached hydrogens (tertiary/aromatic N) is 1. The Hall–Kier alpha value is -1.55. The molecule has 0 bridgehead atoms. The molecule has 1 fully saturated rings. The molecule has 0 saturated carbocycles. The van der Waals surface area contributed by atoms with Crippen molar-refractivity contribution in [2.75, 3.05) is 13.1 Å². The molecular weight excluding hydrogens is 276 g/mol. The lowest BCUT2D eigenvalue weighted by Gasteiger charge is -2.34. The highest BCUT2D eigenvalue weighted by Crippen LogP contribution is 2.22. The lowest BCUT2D eigenvalue weighted by atomic mass is 10.0. The van der Waals surface area contributed by atoms with E-state index in [9.17, 15) is 4.79 Å². The van der Waals surface area contributed by atoms with Gasteiger partial charge < -0.3 is 15.4 Å². The smallest absolute Gasteiger partial charge is 0.263 e. The van der Waals surface area contributed by atoms with Crippen LogP contribution >= 0.6 is 0 Å². The van der Waals surface area contributed by atoms with Crippen molar-refractivity contribution in [2.24, 2.45) is 11.7 Å². The topological polar surface area (TPSA) is 55.6 Å². The highest BCUT2D eigenvalue weighted by atomic mass is 16.5. The van der Waals surface area contributed by atoms with E-state index in [4.69, 9.17) is 10.5 Å². The van der Waals surface area contributed by atoms with Crippen LogP contribution in [0.4, 0.5) is 0 Å². The molecule has 1 heterocycles. The first-order chi connectivity index (χ1) is 10.4. The molecule has 1 saturated heterocycles. The fraction of sp³-hybridized carbons (Fsp3) is 0.611. The molecule has 4 nitrogen and oxygen atoms in total. The third-order valence-corrected chi connectivity index (χ3v) is 4.44. The molecule has 1 aromatic carbocycles. The Morgan fingerprint density at radius 2 is 1.86 bits per heavy atom. The van der Waals surface area contributed by atoms with Crippen molar-refractivity contribution in [1.29, 1.82) is 0 Å². The van der Waals surface area contributed by atoms with Gasteiger partial charge in [0.05, 0.1) is 0 Å². The Balaban J connectivity index is 2.08. The van der Waals surface area contributed by atoms with Crippen LogP contribution in [0.3, 0.4) is 0 Å². The third kappa shape index (κ3) is 4.01. The Bertz CT molecular complexity index is 520. The number of carbonyl (C=O) groups is 1. The minimum Gasteiger partial charge on any atom is -0.480 e. The quantitative estimate of drug-likeness (QED) is 0.930. The van der Waals surface area contributed by atoms with E-state index in [1.54, 1.807) is 0 Å². The average molecular weight is 304 g/mol. The predicted molar refractivity (Wildman–Crippen MR) is 89.0 cm³/mol. The minimum atomic E-state index is -0.434. The van der Waals surface area contributed by atoms with Gasteiger partial charge in [0.25, 0.3) is 5.91 Å². The second-order valence-electron chi connectivity index (χ2n) is 6.69. The summed E-state index contributed by atoms with van der Waals surface area (Å²) in [4.78, 5) is 14.7. The van der Waals surface area contributed by atoms with E-state index in [1.165, 1.54) is 11.1 Å². The summed E-state index contributed by atoms with van der Waals surface area (Å²) >= 11 is 0. The van der Waals surface area contributed by atoms with Gasteiger partial charge in [-0.15, -0.1) is 0 Å². The van der Waals surface area contributed by atoms with Gasteiger partial charge in [-0.25, -0.2) is 0 Å². The van der Waals surface area contributed by atoms with Gasteiger partial charge in [-0.3, -0.25) is 4.79 Å². The fourth-order valence-electron chi connectivity index (χ4n) is 2.71. The van der Waals surface area contributed by atoms with E-state index in [2.05, 4.69) is 13.8 Å². The molecule has 4 heteroatoms. The maximum atomic E-state index is 12.8. The zero-order valence-corrected chi connectivity index (χ0v) is 14.1. The van der Waals surface area contributed by atoms with E-state index >= 15 is 0 Å². The molecule has 0 aromatic heterocycles. The maximum Gasteiger partial charge on any atom is 0.263 e. The number of rotatable bonds is 4. The number of nitrogens with two attached hydrogens (primary N) is 1. The Labute approximate surface area is 133 Å².